The van der Waals surface area contributed by atoms with Crippen LogP contribution in [0.15, 0.2) is 53.5 Å². The largest absolute Gasteiger partial charge is 0.367 e. The zero-order valence-electron chi connectivity index (χ0n) is 12.1. The number of pyridine rings is 1. The first-order chi connectivity index (χ1) is 10.0. The van der Waals surface area contributed by atoms with Crippen LogP contribution in [0.25, 0.3) is 0 Å². The average Bonchev–Trinajstić information content (AvgIpc) is 2.48. The fourth-order valence-corrected chi connectivity index (χ4v) is 2.38. The molecule has 1 aromatic heterocycles. The van der Waals surface area contributed by atoms with Gasteiger partial charge in [-0.15, -0.1) is 0 Å². The van der Waals surface area contributed by atoms with Crippen LogP contribution in [-0.2, 0) is 22.2 Å². The molecule has 0 aliphatic heterocycles. The Balaban J connectivity index is 2.73. The number of carbonyl (C=O) groups excluding carboxylic acids is 1. The van der Waals surface area contributed by atoms with Crippen molar-refractivity contribution in [3.05, 3.63) is 70.1 Å². The maximum Gasteiger partial charge on any atom is 0.259 e. The number of ether oxygens (including phenoxy) is 1. The van der Waals surface area contributed by atoms with E-state index in [1.165, 1.54) is 10.6 Å². The standard InChI is InChI=1S/C16H18N2O3/c1-3-21-16(15(17)20,12-7-5-4-6-8-12)13-9-10-14(19)18(2)11-13/h4-11H,3H2,1-2H3,(H2,17,20). The van der Waals surface area contributed by atoms with Crippen molar-refractivity contribution in [1.82, 2.24) is 4.57 Å². The lowest BCUT2D eigenvalue weighted by molar-refractivity contribution is -0.139. The van der Waals surface area contributed by atoms with Crippen molar-refractivity contribution < 1.29 is 9.53 Å². The Bertz CT molecular complexity index is 694. The molecule has 0 aliphatic rings. The summed E-state index contributed by atoms with van der Waals surface area (Å²) < 4.78 is 7.17. The molecule has 21 heavy (non-hydrogen) atoms. The third kappa shape index (κ3) is 2.60. The van der Waals surface area contributed by atoms with Crippen LogP contribution in [0.4, 0.5) is 0 Å². The minimum absolute atomic E-state index is 0.165. The van der Waals surface area contributed by atoms with E-state index in [0.717, 1.165) is 0 Å². The second-order valence-electron chi connectivity index (χ2n) is 4.71. The lowest BCUT2D eigenvalue weighted by Crippen LogP contribution is -2.45. The van der Waals surface area contributed by atoms with E-state index < -0.39 is 11.5 Å². The van der Waals surface area contributed by atoms with Crippen molar-refractivity contribution in [2.75, 3.05) is 6.61 Å². The van der Waals surface area contributed by atoms with E-state index in [1.54, 1.807) is 38.4 Å². The van der Waals surface area contributed by atoms with Crippen molar-refractivity contribution in [1.29, 1.82) is 0 Å². The van der Waals surface area contributed by atoms with Gasteiger partial charge in [-0.05, 0) is 18.6 Å². The molecule has 5 heteroatoms. The first-order valence-electron chi connectivity index (χ1n) is 6.69. The molecular formula is C16H18N2O3. The van der Waals surface area contributed by atoms with Crippen LogP contribution in [0, 0.1) is 0 Å². The molecule has 5 nitrogen and oxygen atoms in total. The second-order valence-corrected chi connectivity index (χ2v) is 4.71. The van der Waals surface area contributed by atoms with Crippen molar-refractivity contribution in [3.8, 4) is 0 Å². The highest BCUT2D eigenvalue weighted by Gasteiger charge is 2.41. The number of primary amides is 1. The molecule has 1 heterocycles. The molecule has 0 saturated heterocycles. The molecular weight excluding hydrogens is 268 g/mol. The topological polar surface area (TPSA) is 74.3 Å². The summed E-state index contributed by atoms with van der Waals surface area (Å²) in [7, 11) is 1.62. The Labute approximate surface area is 123 Å². The maximum absolute atomic E-state index is 12.2. The van der Waals surface area contributed by atoms with Crippen molar-refractivity contribution in [3.63, 3.8) is 0 Å². The molecule has 0 saturated carbocycles. The quantitative estimate of drug-likeness (QED) is 0.896. The monoisotopic (exact) mass is 286 g/mol. The van der Waals surface area contributed by atoms with E-state index in [2.05, 4.69) is 0 Å². The van der Waals surface area contributed by atoms with Gasteiger partial charge in [-0.2, -0.15) is 0 Å². The van der Waals surface area contributed by atoms with Crippen LogP contribution in [0.5, 0.6) is 0 Å². The van der Waals surface area contributed by atoms with Gasteiger partial charge in [0.25, 0.3) is 5.91 Å². The van der Waals surface area contributed by atoms with Crippen LogP contribution >= 0.6 is 0 Å². The van der Waals surface area contributed by atoms with Gasteiger partial charge in [0, 0.05) is 31.5 Å². The summed E-state index contributed by atoms with van der Waals surface area (Å²) in [5.41, 5.74) is 5.26. The molecule has 0 bridgehead atoms. The first-order valence-corrected chi connectivity index (χ1v) is 6.69. The number of rotatable bonds is 5. The van der Waals surface area contributed by atoms with Gasteiger partial charge in [-0.3, -0.25) is 9.59 Å². The summed E-state index contributed by atoms with van der Waals surface area (Å²) in [6, 6.07) is 12.0. The fraction of sp³-hybridized carbons (Fsp3) is 0.250. The summed E-state index contributed by atoms with van der Waals surface area (Å²) >= 11 is 0. The van der Waals surface area contributed by atoms with E-state index in [0.29, 0.717) is 17.7 Å². The van der Waals surface area contributed by atoms with Crippen LogP contribution in [0.1, 0.15) is 18.1 Å². The second kappa shape index (κ2) is 5.93. The maximum atomic E-state index is 12.2. The minimum Gasteiger partial charge on any atom is -0.367 e. The summed E-state index contributed by atoms with van der Waals surface area (Å²) in [5, 5.41) is 0. The van der Waals surface area contributed by atoms with E-state index in [1.807, 2.05) is 18.2 Å². The molecule has 0 fully saturated rings. The Morgan fingerprint density at radius 1 is 1.19 bits per heavy atom. The zero-order chi connectivity index (χ0) is 15.5. The predicted octanol–water partition coefficient (Wildman–Crippen LogP) is 1.15. The third-order valence-corrected chi connectivity index (χ3v) is 3.38. The fourth-order valence-electron chi connectivity index (χ4n) is 2.38. The molecule has 2 rings (SSSR count). The van der Waals surface area contributed by atoms with Gasteiger partial charge in [0.15, 0.2) is 5.60 Å². The van der Waals surface area contributed by atoms with Crippen LogP contribution < -0.4 is 11.3 Å². The van der Waals surface area contributed by atoms with Gasteiger partial charge >= 0.3 is 0 Å². The molecule has 1 amide bonds. The van der Waals surface area contributed by atoms with Gasteiger partial charge in [-0.1, -0.05) is 30.3 Å². The van der Waals surface area contributed by atoms with Gasteiger partial charge < -0.3 is 15.0 Å². The van der Waals surface area contributed by atoms with E-state index in [-0.39, 0.29) is 5.56 Å². The SMILES string of the molecule is CCOC(C(N)=O)(c1ccccc1)c1ccc(=O)n(C)c1. The molecule has 0 radical (unpaired) electrons. The number of aryl methyl sites for hydroxylation is 1. The molecule has 110 valence electrons. The minimum atomic E-state index is -1.40. The van der Waals surface area contributed by atoms with Crippen molar-refractivity contribution in [2.24, 2.45) is 12.8 Å². The highest BCUT2D eigenvalue weighted by molar-refractivity contribution is 5.89. The van der Waals surface area contributed by atoms with Crippen LogP contribution in [0.2, 0.25) is 0 Å². The molecule has 1 unspecified atom stereocenters. The number of amides is 1. The van der Waals surface area contributed by atoms with Crippen LogP contribution in [-0.4, -0.2) is 17.1 Å². The smallest absolute Gasteiger partial charge is 0.259 e. The molecule has 2 aromatic rings. The van der Waals surface area contributed by atoms with E-state index in [9.17, 15) is 9.59 Å². The molecule has 1 atom stereocenters. The van der Waals surface area contributed by atoms with Crippen LogP contribution in [0.3, 0.4) is 0 Å². The number of aromatic nitrogens is 1. The highest BCUT2D eigenvalue weighted by atomic mass is 16.5. The number of nitrogens with zero attached hydrogens (tertiary/aromatic N) is 1. The van der Waals surface area contributed by atoms with Gasteiger partial charge in [-0.25, -0.2) is 0 Å². The Hall–Kier alpha value is -2.40. The van der Waals surface area contributed by atoms with Crippen molar-refractivity contribution in [2.45, 2.75) is 12.5 Å². The number of benzene rings is 1. The lowest BCUT2D eigenvalue weighted by Gasteiger charge is -2.31. The summed E-state index contributed by atoms with van der Waals surface area (Å²) in [5.74, 6) is -0.616. The van der Waals surface area contributed by atoms with E-state index in [4.69, 9.17) is 10.5 Å². The lowest BCUT2D eigenvalue weighted by atomic mass is 9.86. The molecule has 0 aliphatic carbocycles. The third-order valence-electron chi connectivity index (χ3n) is 3.38. The van der Waals surface area contributed by atoms with Gasteiger partial charge in [0.05, 0.1) is 0 Å². The van der Waals surface area contributed by atoms with Gasteiger partial charge in [0.2, 0.25) is 5.56 Å². The number of carbonyl (C=O) groups is 1. The number of nitrogens with two attached hydrogens (primary N) is 1. The predicted molar refractivity (Wildman–Crippen MR) is 79.7 cm³/mol. The summed E-state index contributed by atoms with van der Waals surface area (Å²) in [4.78, 5) is 23.8. The van der Waals surface area contributed by atoms with Crippen molar-refractivity contribution >= 4 is 5.91 Å². The summed E-state index contributed by atoms with van der Waals surface area (Å²) in [6.07, 6.45) is 1.58. The number of hydrogen-bond acceptors (Lipinski definition) is 3. The molecule has 0 spiro atoms. The molecule has 2 N–H and O–H groups in total. The van der Waals surface area contributed by atoms with E-state index >= 15 is 0 Å². The Morgan fingerprint density at radius 3 is 2.38 bits per heavy atom. The Kier molecular flexibility index (Phi) is 4.23. The number of hydrogen-bond donors (Lipinski definition) is 1. The normalized spacial score (nSPS) is 13.6. The highest BCUT2D eigenvalue weighted by Crippen LogP contribution is 2.33. The first kappa shape index (κ1) is 15.0. The zero-order valence-corrected chi connectivity index (χ0v) is 12.1. The molecule has 1 aromatic carbocycles. The Morgan fingerprint density at radius 2 is 1.86 bits per heavy atom. The summed E-state index contributed by atoms with van der Waals surface area (Å²) in [6.45, 7) is 2.10. The average molecular weight is 286 g/mol. The van der Waals surface area contributed by atoms with Gasteiger partial charge in [0.1, 0.15) is 0 Å².